The first-order chi connectivity index (χ1) is 33.4. The van der Waals surface area contributed by atoms with Crippen LogP contribution in [0.3, 0.4) is 0 Å². The molecule has 2 aromatic heterocycles. The fourth-order valence-electron chi connectivity index (χ4n) is 6.96. The van der Waals surface area contributed by atoms with Crippen LogP contribution in [-0.2, 0) is 60.0 Å². The third kappa shape index (κ3) is 18.2. The molecule has 2 aliphatic rings. The Kier molecular flexibility index (Phi) is 25.7. The van der Waals surface area contributed by atoms with Gasteiger partial charge in [0.15, 0.2) is 37.3 Å². The third-order valence-corrected chi connectivity index (χ3v) is 17.3. The SMILES string of the molecule is [C-]#[N+]CCOP(OC1[C@@H](OCP(C)(=O)OC)O[C@@H](n2ccc(=O)[nH]c2=O)[C@H]1F)N(C(C)C)C(C)C.[C-]#[N+]CCOP(OC1[C@@H](OCP(C)(=O)OC)O[C@@H](n2ccc(=O)[nH]c2=O)[C@H]1OC)N(C(C)C)C(C)C. The zero-order chi connectivity index (χ0) is 53.4. The summed E-state index contributed by atoms with van der Waals surface area (Å²) in [5.74, 6) is 0. The molecule has 0 aromatic carbocycles. The number of alkyl halides is 1. The molecule has 30 heteroatoms. The number of ether oxygens (including phenoxy) is 5. The van der Waals surface area contributed by atoms with Crippen LogP contribution >= 0.6 is 31.8 Å². The topological polar surface area (TPSA) is 261 Å². The highest BCUT2D eigenvalue weighted by Gasteiger charge is 2.52. The molecule has 2 aliphatic heterocycles. The van der Waals surface area contributed by atoms with Crippen molar-refractivity contribution in [1.29, 1.82) is 0 Å². The minimum Gasteiger partial charge on any atom is -0.374 e. The van der Waals surface area contributed by atoms with Crippen molar-refractivity contribution < 1.29 is 64.3 Å². The van der Waals surface area contributed by atoms with Gasteiger partial charge in [0.25, 0.3) is 28.2 Å². The molecule has 0 spiro atoms. The number of methoxy groups -OCH3 is 1. The van der Waals surface area contributed by atoms with Gasteiger partial charge >= 0.3 is 11.4 Å². The summed E-state index contributed by atoms with van der Waals surface area (Å²) in [6.07, 6.45) is -8.34. The van der Waals surface area contributed by atoms with Crippen molar-refractivity contribution in [2.45, 2.75) is 129 Å². The fraction of sp³-hybridized carbons (Fsp3) is 0.756. The number of nitrogens with one attached hydrogen (secondary N) is 2. The van der Waals surface area contributed by atoms with Crippen LogP contribution in [0.15, 0.2) is 43.7 Å². The van der Waals surface area contributed by atoms with Crippen LogP contribution in [0, 0.1) is 13.1 Å². The summed E-state index contributed by atoms with van der Waals surface area (Å²) >= 11 is 0. The molecule has 0 amide bonds. The molecule has 0 saturated carbocycles. The molecule has 2 N–H and O–H groups in total. The molecule has 2 saturated heterocycles. The van der Waals surface area contributed by atoms with Crippen molar-refractivity contribution in [1.82, 2.24) is 28.4 Å². The van der Waals surface area contributed by atoms with Crippen LogP contribution < -0.4 is 22.5 Å². The van der Waals surface area contributed by atoms with Crippen molar-refractivity contribution >= 4 is 31.8 Å². The van der Waals surface area contributed by atoms with E-state index in [1.807, 2.05) is 64.7 Å². The summed E-state index contributed by atoms with van der Waals surface area (Å²) in [6.45, 7) is 33.0. The molecule has 2 fully saturated rings. The van der Waals surface area contributed by atoms with E-state index in [2.05, 4.69) is 19.7 Å². The molecule has 6 unspecified atom stereocenters. The summed E-state index contributed by atoms with van der Waals surface area (Å²) in [6, 6.07) is 2.23. The third-order valence-electron chi connectivity index (χ3n) is 10.2. The quantitative estimate of drug-likeness (QED) is 0.0633. The number of aromatic amines is 2. The van der Waals surface area contributed by atoms with E-state index in [1.54, 1.807) is 0 Å². The highest BCUT2D eigenvalue weighted by molar-refractivity contribution is 7.58. The monoisotopic (exact) mass is 1090 g/mol. The predicted molar refractivity (Wildman–Crippen MR) is 262 cm³/mol. The number of hydrogen-bond donors (Lipinski definition) is 2. The Morgan fingerprint density at radius 3 is 1.42 bits per heavy atom. The number of nitrogens with zero attached hydrogens (tertiary/aromatic N) is 6. The van der Waals surface area contributed by atoms with Crippen LogP contribution in [0.5, 0.6) is 0 Å². The maximum Gasteiger partial charge on any atom is 0.330 e. The smallest absolute Gasteiger partial charge is 0.330 e. The highest BCUT2D eigenvalue weighted by Crippen LogP contribution is 2.53. The first-order valence-electron chi connectivity index (χ1n) is 22.4. The van der Waals surface area contributed by atoms with Crippen molar-refractivity contribution in [2.24, 2.45) is 0 Å². The molecule has 4 rings (SSSR count). The Labute approximate surface area is 415 Å². The van der Waals surface area contributed by atoms with Gasteiger partial charge in [-0.15, -0.1) is 0 Å². The molecule has 4 heterocycles. The van der Waals surface area contributed by atoms with Crippen molar-refractivity contribution in [2.75, 3.05) is 73.7 Å². The van der Waals surface area contributed by atoms with E-state index in [9.17, 15) is 28.3 Å². The molecule has 2 aromatic rings. The molecule has 0 radical (unpaired) electrons. The average Bonchev–Trinajstić information content (AvgIpc) is 3.79. The second-order valence-corrected chi connectivity index (χ2v) is 25.3. The number of halogens is 1. The van der Waals surface area contributed by atoms with Crippen molar-refractivity contribution in [3.63, 3.8) is 0 Å². The van der Waals surface area contributed by atoms with E-state index in [1.165, 1.54) is 51.5 Å². The lowest BCUT2D eigenvalue weighted by Crippen LogP contribution is -2.41. The van der Waals surface area contributed by atoms with E-state index >= 15 is 4.39 Å². The van der Waals surface area contributed by atoms with Gasteiger partial charge in [0.1, 0.15) is 38.1 Å². The lowest BCUT2D eigenvalue weighted by molar-refractivity contribution is -0.165. The van der Waals surface area contributed by atoms with Gasteiger partial charge in [0.2, 0.25) is 27.8 Å². The van der Waals surface area contributed by atoms with E-state index in [0.717, 1.165) is 16.8 Å². The zero-order valence-corrected chi connectivity index (χ0v) is 45.8. The molecule has 12 atom stereocenters. The maximum absolute atomic E-state index is 15.8. The summed E-state index contributed by atoms with van der Waals surface area (Å²) in [5, 5.41) is 0. The van der Waals surface area contributed by atoms with Crippen LogP contribution in [-0.4, -0.2) is 163 Å². The Hall–Kier alpha value is -2.93. The number of hydrogen-bond acceptors (Lipinski definition) is 19. The molecule has 0 bridgehead atoms. The van der Waals surface area contributed by atoms with E-state index in [0.29, 0.717) is 0 Å². The van der Waals surface area contributed by atoms with Gasteiger partial charge in [-0.05, 0) is 55.4 Å². The molecular weight excluding hydrogens is 1020 g/mol. The maximum atomic E-state index is 15.8. The minimum atomic E-state index is -3.15. The van der Waals surface area contributed by atoms with Gasteiger partial charge in [0, 0.05) is 83.4 Å². The normalized spacial score (nSPS) is 25.0. The van der Waals surface area contributed by atoms with Gasteiger partial charge < -0.3 is 60.5 Å². The molecule has 25 nitrogen and oxygen atoms in total. The first-order valence-corrected chi connectivity index (χ1v) is 29.2. The number of rotatable bonds is 27. The van der Waals surface area contributed by atoms with E-state index in [-0.39, 0.29) is 63.2 Å². The van der Waals surface area contributed by atoms with Crippen LogP contribution in [0.4, 0.5) is 4.39 Å². The average molecular weight is 1090 g/mol. The van der Waals surface area contributed by atoms with E-state index < -0.39 is 104 Å². The van der Waals surface area contributed by atoms with Crippen LogP contribution in [0.1, 0.15) is 67.8 Å². The summed E-state index contributed by atoms with van der Waals surface area (Å²) < 4.78 is 110. The molecule has 402 valence electrons. The molecule has 0 aliphatic carbocycles. The molecule has 71 heavy (non-hydrogen) atoms. The van der Waals surface area contributed by atoms with Gasteiger partial charge in [-0.25, -0.2) is 36.5 Å². The Balaban J connectivity index is 0.000000375. The first kappa shape index (κ1) is 62.4. The fourth-order valence-corrected chi connectivity index (χ4v) is 11.4. The lowest BCUT2D eigenvalue weighted by Gasteiger charge is -2.37. The minimum absolute atomic E-state index is 0.0358. The van der Waals surface area contributed by atoms with Gasteiger partial charge in [-0.1, -0.05) is 0 Å². The highest BCUT2D eigenvalue weighted by atomic mass is 31.2. The number of aromatic nitrogens is 4. The molecular formula is C41H69FN8O17P4. The standard InChI is InChI=1S/C21H36N4O9P2.C20H33FN4O8P2/c1-14(2)25(15(3)4)35(32-12-10-22-5)34-18-17(29-6)19(24-11-9-16(26)23-21(24)27)33-20(18)31-13-36(8,28)30-7;1-13(2)25(14(3)4)34(31-11-9-22-5)33-17-16(21)18(24-10-8-15(26)23-20(24)27)32-19(17)30-12-35(7,28)29-6/h9,11,14-15,17-20H,10,12-13H2,1-4,6-8H3,(H,23,26,27);8,10,13-14,16-19H,9,11-12H2,1-4,6-7H3,(H,23,26,27)/t17-,18?,19+,20-,35?,36?;16-,17?,18+,19-,34?,35?/m00/s1. The summed E-state index contributed by atoms with van der Waals surface area (Å²) in [4.78, 5) is 58.7. The number of H-pyrrole nitrogens is 2. The lowest BCUT2D eigenvalue weighted by atomic mass is 10.2. The summed E-state index contributed by atoms with van der Waals surface area (Å²) in [7, 11) is -5.81. The Bertz CT molecular complexity index is 2380. The van der Waals surface area contributed by atoms with Crippen LogP contribution in [0.2, 0.25) is 0 Å². The van der Waals surface area contributed by atoms with E-state index in [4.69, 9.17) is 64.0 Å². The predicted octanol–water partition coefficient (Wildman–Crippen LogP) is 5.53. The van der Waals surface area contributed by atoms with Gasteiger partial charge in [0.05, 0.1) is 0 Å². The second kappa shape index (κ2) is 29.2. The van der Waals surface area contributed by atoms with Crippen molar-refractivity contribution in [3.05, 3.63) is 89.0 Å². The van der Waals surface area contributed by atoms with Gasteiger partial charge in [-0.2, -0.15) is 0 Å². The van der Waals surface area contributed by atoms with Gasteiger partial charge in [-0.3, -0.25) is 37.8 Å². The largest absolute Gasteiger partial charge is 0.374 e. The van der Waals surface area contributed by atoms with Crippen molar-refractivity contribution in [3.8, 4) is 0 Å². The Morgan fingerprint density at radius 2 is 1.06 bits per heavy atom. The summed E-state index contributed by atoms with van der Waals surface area (Å²) in [5.41, 5.74) is -2.77. The van der Waals surface area contributed by atoms with Crippen LogP contribution in [0.25, 0.3) is 9.69 Å². The Morgan fingerprint density at radius 1 is 0.676 bits per heavy atom. The second-order valence-electron chi connectivity index (χ2n) is 17.1. The zero-order valence-electron chi connectivity index (χ0n) is 42.3.